The van der Waals surface area contributed by atoms with Gasteiger partial charge in [0, 0.05) is 16.8 Å². The normalized spacial score (nSPS) is 12.2. The van der Waals surface area contributed by atoms with Gasteiger partial charge in [-0.05, 0) is 106 Å². The van der Waals surface area contributed by atoms with Crippen molar-refractivity contribution in [3.05, 3.63) is 168 Å². The third kappa shape index (κ3) is 7.46. The molecule has 0 radical (unpaired) electrons. The monoisotopic (exact) mass is 728 g/mol. The number of rotatable bonds is 6. The van der Waals surface area contributed by atoms with Gasteiger partial charge in [0.25, 0.3) is 0 Å². The van der Waals surface area contributed by atoms with Gasteiger partial charge in [0.1, 0.15) is 0 Å². The molecule has 11 heteroatoms. The molecule has 0 spiro atoms. The summed E-state index contributed by atoms with van der Waals surface area (Å²) in [4.78, 5) is 6.32. The lowest BCUT2D eigenvalue weighted by Crippen LogP contribution is -2.12. The van der Waals surface area contributed by atoms with Gasteiger partial charge in [-0.3, -0.25) is 4.98 Å². The maximum atomic E-state index is 13.8. The summed E-state index contributed by atoms with van der Waals surface area (Å²) in [6.45, 7) is 0. The molecule has 266 valence electrons. The van der Waals surface area contributed by atoms with E-state index in [4.69, 9.17) is 4.98 Å². The number of benzene rings is 6. The summed E-state index contributed by atoms with van der Waals surface area (Å²) in [6.07, 6.45) is -13.2. The van der Waals surface area contributed by atoms with E-state index in [1.54, 1.807) is 17.0 Å². The maximum Gasteiger partial charge on any atom is 0.416 e. The zero-order valence-electron chi connectivity index (χ0n) is 27.2. The lowest BCUT2D eigenvalue weighted by atomic mass is 9.94. The first-order valence-corrected chi connectivity index (χ1v) is 16.1. The summed E-state index contributed by atoms with van der Waals surface area (Å²) in [5, 5.41) is 0.689. The molecule has 7 rings (SSSR count). The predicted molar refractivity (Wildman–Crippen MR) is 188 cm³/mol. The van der Waals surface area contributed by atoms with Crippen molar-refractivity contribution >= 4 is 28.0 Å². The van der Waals surface area contributed by atoms with E-state index in [1.807, 2.05) is 72.8 Å². The summed E-state index contributed by atoms with van der Waals surface area (Å²) in [5.74, 6) is 0. The quantitative estimate of drug-likeness (QED) is 0.159. The Labute approximate surface area is 297 Å². The number of anilines is 3. The van der Waals surface area contributed by atoms with Crippen LogP contribution < -0.4 is 4.90 Å². The van der Waals surface area contributed by atoms with Crippen LogP contribution in [0.3, 0.4) is 0 Å². The van der Waals surface area contributed by atoms with Crippen molar-refractivity contribution < 1.29 is 39.5 Å². The lowest BCUT2D eigenvalue weighted by molar-refractivity contribution is -0.143. The Morgan fingerprint density at radius 1 is 0.377 bits per heavy atom. The number of fused-ring (bicyclic) bond motifs is 1. The summed E-state index contributed by atoms with van der Waals surface area (Å²) < 4.78 is 123. The number of hydrogen-bond donors (Lipinski definition) is 0. The van der Waals surface area contributed by atoms with Crippen molar-refractivity contribution in [3.8, 4) is 33.4 Å². The van der Waals surface area contributed by atoms with Crippen LogP contribution in [0.2, 0.25) is 0 Å². The van der Waals surface area contributed by atoms with E-state index in [1.165, 1.54) is 36.5 Å². The highest BCUT2D eigenvalue weighted by molar-refractivity contribution is 6.00. The molecule has 0 saturated heterocycles. The van der Waals surface area contributed by atoms with E-state index in [0.717, 1.165) is 34.4 Å². The van der Waals surface area contributed by atoms with Crippen LogP contribution in [0.4, 0.5) is 56.6 Å². The molecular formula is C42H25F9N2. The van der Waals surface area contributed by atoms with E-state index in [2.05, 4.69) is 0 Å². The second kappa shape index (κ2) is 13.5. The van der Waals surface area contributed by atoms with Crippen molar-refractivity contribution in [2.75, 3.05) is 4.90 Å². The predicted octanol–water partition coefficient (Wildman–Crippen LogP) is 13.8. The fraction of sp³-hybridized carbons (Fsp3) is 0.0714. The minimum Gasteiger partial charge on any atom is -0.309 e. The third-order valence-corrected chi connectivity index (χ3v) is 8.71. The van der Waals surface area contributed by atoms with Gasteiger partial charge >= 0.3 is 18.5 Å². The second-order valence-electron chi connectivity index (χ2n) is 12.2. The molecule has 0 saturated carbocycles. The van der Waals surface area contributed by atoms with Crippen molar-refractivity contribution in [1.29, 1.82) is 0 Å². The smallest absolute Gasteiger partial charge is 0.309 e. The highest BCUT2D eigenvalue weighted by Crippen LogP contribution is 2.43. The summed E-state index contributed by atoms with van der Waals surface area (Å²) >= 11 is 0. The minimum absolute atomic E-state index is 0.0160. The van der Waals surface area contributed by atoms with Crippen LogP contribution in [-0.4, -0.2) is 4.98 Å². The molecule has 0 fully saturated rings. The first kappa shape index (κ1) is 35.3. The van der Waals surface area contributed by atoms with Crippen LogP contribution in [0.25, 0.3) is 44.3 Å². The average molecular weight is 729 g/mol. The SMILES string of the molecule is FC(F)(F)c1ccc(N(c2cccc(-c3cc(C(F)(F)F)cc(C(F)(F)F)c3)c2)c2cnc3cc(-c4ccccc4)cc(-c4ccccc4)c3c2)cc1. The Balaban J connectivity index is 1.43. The maximum absolute atomic E-state index is 13.8. The first-order valence-electron chi connectivity index (χ1n) is 16.1. The molecule has 1 aromatic heterocycles. The molecule has 0 N–H and O–H groups in total. The van der Waals surface area contributed by atoms with E-state index >= 15 is 0 Å². The standard InChI is InChI=1S/C42H25F9N2/c43-40(44,45)31-14-16-34(17-15-31)53(35-13-7-12-28(20-35)29-18-32(41(46,47)48)23-33(19-29)42(49,50)51)36-24-38-37(27-10-5-2-6-11-27)21-30(22-39(38)52-25-36)26-8-3-1-4-9-26/h1-25H. The molecule has 0 amide bonds. The van der Waals surface area contributed by atoms with E-state index in [0.29, 0.717) is 28.7 Å². The molecule has 53 heavy (non-hydrogen) atoms. The molecule has 0 bridgehead atoms. The summed E-state index contributed by atoms with van der Waals surface area (Å²) in [5.41, 5.74) is 0.780. The fourth-order valence-corrected chi connectivity index (χ4v) is 6.19. The zero-order valence-corrected chi connectivity index (χ0v) is 27.2. The number of aromatic nitrogens is 1. The Kier molecular flexibility index (Phi) is 8.97. The average Bonchev–Trinajstić information content (AvgIpc) is 3.14. The summed E-state index contributed by atoms with van der Waals surface area (Å²) in [6, 6.07) is 36.2. The number of hydrogen-bond acceptors (Lipinski definition) is 2. The van der Waals surface area contributed by atoms with Gasteiger partial charge in [-0.25, -0.2) is 0 Å². The van der Waals surface area contributed by atoms with Crippen LogP contribution in [-0.2, 0) is 18.5 Å². The molecular weight excluding hydrogens is 703 g/mol. The van der Waals surface area contributed by atoms with Gasteiger partial charge < -0.3 is 4.90 Å². The molecule has 1 heterocycles. The van der Waals surface area contributed by atoms with Crippen molar-refractivity contribution in [2.45, 2.75) is 18.5 Å². The number of pyridine rings is 1. The molecule has 0 atom stereocenters. The van der Waals surface area contributed by atoms with Crippen molar-refractivity contribution in [2.24, 2.45) is 0 Å². The van der Waals surface area contributed by atoms with E-state index in [-0.39, 0.29) is 28.6 Å². The molecule has 0 aliphatic carbocycles. The third-order valence-electron chi connectivity index (χ3n) is 8.71. The van der Waals surface area contributed by atoms with Gasteiger partial charge in [-0.1, -0.05) is 72.8 Å². The molecule has 0 aliphatic rings. The van der Waals surface area contributed by atoms with Crippen molar-refractivity contribution in [3.63, 3.8) is 0 Å². The lowest BCUT2D eigenvalue weighted by Gasteiger charge is -2.27. The van der Waals surface area contributed by atoms with Crippen LogP contribution in [0, 0.1) is 0 Å². The van der Waals surface area contributed by atoms with Gasteiger partial charge in [0.2, 0.25) is 0 Å². The minimum atomic E-state index is -5.06. The van der Waals surface area contributed by atoms with Crippen molar-refractivity contribution in [1.82, 2.24) is 4.98 Å². The Bertz CT molecular complexity index is 2370. The molecule has 0 unspecified atom stereocenters. The largest absolute Gasteiger partial charge is 0.416 e. The highest BCUT2D eigenvalue weighted by atomic mass is 19.4. The molecule has 7 aromatic rings. The van der Waals surface area contributed by atoms with Gasteiger partial charge in [-0.2, -0.15) is 39.5 Å². The second-order valence-corrected chi connectivity index (χ2v) is 12.2. The highest BCUT2D eigenvalue weighted by Gasteiger charge is 2.37. The molecule has 6 aromatic carbocycles. The van der Waals surface area contributed by atoms with Crippen LogP contribution in [0.15, 0.2) is 152 Å². The number of alkyl halides is 9. The van der Waals surface area contributed by atoms with Gasteiger partial charge in [0.05, 0.1) is 34.1 Å². The number of nitrogens with zero attached hydrogens (tertiary/aromatic N) is 2. The van der Waals surface area contributed by atoms with Crippen LogP contribution in [0.5, 0.6) is 0 Å². The van der Waals surface area contributed by atoms with Crippen LogP contribution in [0.1, 0.15) is 16.7 Å². The Hall–Kier alpha value is -6.10. The molecule has 2 nitrogen and oxygen atoms in total. The first-order chi connectivity index (χ1) is 25.1. The van der Waals surface area contributed by atoms with Crippen LogP contribution >= 0.6 is 0 Å². The topological polar surface area (TPSA) is 16.1 Å². The summed E-state index contributed by atoms with van der Waals surface area (Å²) in [7, 11) is 0. The Morgan fingerprint density at radius 3 is 1.51 bits per heavy atom. The Morgan fingerprint density at radius 2 is 0.925 bits per heavy atom. The van der Waals surface area contributed by atoms with E-state index < -0.39 is 35.2 Å². The van der Waals surface area contributed by atoms with E-state index in [9.17, 15) is 39.5 Å². The van der Waals surface area contributed by atoms with Gasteiger partial charge in [-0.15, -0.1) is 0 Å². The number of halogens is 9. The zero-order chi connectivity index (χ0) is 37.5. The fourth-order valence-electron chi connectivity index (χ4n) is 6.19. The van der Waals surface area contributed by atoms with Gasteiger partial charge in [0.15, 0.2) is 0 Å². The molecule has 0 aliphatic heterocycles.